The van der Waals surface area contributed by atoms with Crippen LogP contribution in [0.15, 0.2) is 83.0 Å². The number of urea groups is 1. The van der Waals surface area contributed by atoms with Crippen LogP contribution >= 0.6 is 0 Å². The molecule has 0 fully saturated rings. The molecule has 0 aliphatic carbocycles. The summed E-state index contributed by atoms with van der Waals surface area (Å²) in [7, 11) is 1.46. The average Bonchev–Trinajstić information content (AvgIpc) is 3.37. The summed E-state index contributed by atoms with van der Waals surface area (Å²) in [5.41, 5.74) is 3.35. The third-order valence-electron chi connectivity index (χ3n) is 6.07. The fourth-order valence-electron chi connectivity index (χ4n) is 4.20. The molecule has 9 heteroatoms. The number of aromatic nitrogens is 2. The van der Waals surface area contributed by atoms with Crippen LogP contribution in [-0.4, -0.2) is 33.3 Å². The van der Waals surface area contributed by atoms with E-state index in [-0.39, 0.29) is 29.3 Å². The van der Waals surface area contributed by atoms with E-state index < -0.39 is 6.04 Å². The van der Waals surface area contributed by atoms with Gasteiger partial charge in [-0.05, 0) is 54.4 Å². The molecule has 1 aliphatic heterocycles. The van der Waals surface area contributed by atoms with E-state index in [1.165, 1.54) is 25.3 Å². The van der Waals surface area contributed by atoms with Crippen molar-refractivity contribution in [3.05, 3.63) is 101 Å². The zero-order chi connectivity index (χ0) is 25.2. The Morgan fingerprint density at radius 2 is 1.86 bits per heavy atom. The summed E-state index contributed by atoms with van der Waals surface area (Å²) in [5, 5.41) is 17.5. The topological polar surface area (TPSA) is 101 Å². The van der Waals surface area contributed by atoms with Crippen molar-refractivity contribution in [1.82, 2.24) is 20.4 Å². The van der Waals surface area contributed by atoms with Gasteiger partial charge in [-0.25, -0.2) is 9.18 Å². The number of aromatic hydroxyl groups is 1. The van der Waals surface area contributed by atoms with Crippen LogP contribution in [0.25, 0.3) is 17.0 Å². The average molecular weight is 487 g/mol. The number of methoxy groups -OCH3 is 1. The van der Waals surface area contributed by atoms with Crippen molar-refractivity contribution in [2.24, 2.45) is 0 Å². The number of rotatable bonds is 6. The minimum absolute atomic E-state index is 0.0644. The second-order valence-corrected chi connectivity index (χ2v) is 8.31. The molecule has 0 spiro atoms. The van der Waals surface area contributed by atoms with E-state index in [0.717, 1.165) is 5.56 Å². The Balaban J connectivity index is 1.60. The number of benzene rings is 3. The van der Waals surface area contributed by atoms with Crippen LogP contribution in [0.4, 0.5) is 9.18 Å². The van der Waals surface area contributed by atoms with Gasteiger partial charge in [-0.3, -0.25) is 4.90 Å². The van der Waals surface area contributed by atoms with Gasteiger partial charge in [0.25, 0.3) is 5.89 Å². The number of carbonyl (C=O) groups excluding carboxylic acids is 1. The van der Waals surface area contributed by atoms with Crippen molar-refractivity contribution < 1.29 is 23.6 Å². The summed E-state index contributed by atoms with van der Waals surface area (Å²) in [6, 6.07) is 19.3. The van der Waals surface area contributed by atoms with Crippen LogP contribution in [-0.2, 0) is 6.54 Å². The number of allylic oxidation sites excluding steroid dienone is 1. The molecule has 0 radical (unpaired) electrons. The van der Waals surface area contributed by atoms with Crippen LogP contribution < -0.4 is 10.1 Å². The second kappa shape index (κ2) is 9.53. The Bertz CT molecular complexity index is 1430. The molecule has 1 aromatic heterocycles. The molecule has 2 heterocycles. The van der Waals surface area contributed by atoms with Gasteiger partial charge in [0.05, 0.1) is 25.3 Å². The van der Waals surface area contributed by atoms with Crippen molar-refractivity contribution in [3.8, 4) is 22.9 Å². The second-order valence-electron chi connectivity index (χ2n) is 8.31. The maximum atomic E-state index is 13.4. The monoisotopic (exact) mass is 486 g/mol. The summed E-state index contributed by atoms with van der Waals surface area (Å²) < 4.78 is 24.2. The molecule has 2 amide bonds. The Labute approximate surface area is 206 Å². The summed E-state index contributed by atoms with van der Waals surface area (Å²) in [5.74, 6) is 0.362. The zero-order valence-corrected chi connectivity index (χ0v) is 19.6. The molecule has 0 saturated carbocycles. The number of nitrogens with zero attached hydrogens (tertiary/aromatic N) is 3. The third-order valence-corrected chi connectivity index (χ3v) is 6.07. The molecule has 5 rings (SSSR count). The standard InChI is InChI=1S/C27H23FN4O4/c1-16-23(26-30-25(31-36-26)18-8-11-20(28)12-9-18)24(19-10-13-22(35-2)21(33)14-19)29-27(34)32(16)15-17-6-4-3-5-7-17/h3-14,24,33H,15H2,1-2H3,(H,29,34). The van der Waals surface area contributed by atoms with Crippen molar-refractivity contribution in [1.29, 1.82) is 0 Å². The third kappa shape index (κ3) is 4.38. The molecular weight excluding hydrogens is 463 g/mol. The van der Waals surface area contributed by atoms with E-state index in [9.17, 15) is 14.3 Å². The highest BCUT2D eigenvalue weighted by Gasteiger charge is 2.36. The van der Waals surface area contributed by atoms with Gasteiger partial charge in [-0.15, -0.1) is 0 Å². The fraction of sp³-hybridized carbons (Fsp3) is 0.148. The van der Waals surface area contributed by atoms with Gasteiger partial charge in [-0.2, -0.15) is 4.98 Å². The fourth-order valence-corrected chi connectivity index (χ4v) is 4.20. The molecule has 1 aliphatic rings. The van der Waals surface area contributed by atoms with Crippen molar-refractivity contribution >= 4 is 11.6 Å². The number of ether oxygens (including phenoxy) is 1. The lowest BCUT2D eigenvalue weighted by molar-refractivity contribution is 0.203. The highest BCUT2D eigenvalue weighted by molar-refractivity contribution is 5.87. The summed E-state index contributed by atoms with van der Waals surface area (Å²) in [6.07, 6.45) is 0. The molecule has 0 saturated heterocycles. The van der Waals surface area contributed by atoms with Gasteiger partial charge >= 0.3 is 6.03 Å². The number of amides is 2. The lowest BCUT2D eigenvalue weighted by Crippen LogP contribution is -2.45. The lowest BCUT2D eigenvalue weighted by Gasteiger charge is -2.35. The van der Waals surface area contributed by atoms with Crippen LogP contribution in [0.5, 0.6) is 11.5 Å². The quantitative estimate of drug-likeness (QED) is 0.384. The van der Waals surface area contributed by atoms with E-state index in [2.05, 4.69) is 15.5 Å². The number of nitrogens with one attached hydrogen (secondary N) is 1. The normalized spacial score (nSPS) is 15.7. The number of halogens is 1. The summed E-state index contributed by atoms with van der Waals surface area (Å²) in [6.45, 7) is 2.15. The summed E-state index contributed by atoms with van der Waals surface area (Å²) >= 11 is 0. The van der Waals surface area contributed by atoms with Crippen molar-refractivity contribution in [3.63, 3.8) is 0 Å². The first-order valence-electron chi connectivity index (χ1n) is 11.2. The first kappa shape index (κ1) is 23.1. The Hall–Kier alpha value is -4.66. The van der Waals surface area contributed by atoms with Crippen molar-refractivity contribution in [2.75, 3.05) is 7.11 Å². The van der Waals surface area contributed by atoms with E-state index in [0.29, 0.717) is 34.7 Å². The molecule has 1 unspecified atom stereocenters. The number of carbonyl (C=O) groups is 1. The number of phenolic OH excluding ortho intramolecular Hbond substituents is 1. The number of phenols is 1. The van der Waals surface area contributed by atoms with Gasteiger partial charge in [0.15, 0.2) is 11.5 Å². The lowest BCUT2D eigenvalue weighted by atomic mass is 9.94. The highest BCUT2D eigenvalue weighted by Crippen LogP contribution is 2.40. The zero-order valence-electron chi connectivity index (χ0n) is 19.6. The summed E-state index contributed by atoms with van der Waals surface area (Å²) in [4.78, 5) is 19.4. The van der Waals surface area contributed by atoms with E-state index in [1.807, 2.05) is 37.3 Å². The van der Waals surface area contributed by atoms with Crippen LogP contribution in [0.1, 0.15) is 30.0 Å². The number of hydrogen-bond acceptors (Lipinski definition) is 6. The van der Waals surface area contributed by atoms with Crippen LogP contribution in [0.2, 0.25) is 0 Å². The first-order valence-corrected chi connectivity index (χ1v) is 11.2. The largest absolute Gasteiger partial charge is 0.504 e. The maximum absolute atomic E-state index is 13.4. The predicted molar refractivity (Wildman–Crippen MR) is 130 cm³/mol. The first-order chi connectivity index (χ1) is 17.4. The van der Waals surface area contributed by atoms with Gasteiger partial charge in [0, 0.05) is 11.3 Å². The molecule has 8 nitrogen and oxygen atoms in total. The Morgan fingerprint density at radius 3 is 2.56 bits per heavy atom. The number of hydrogen-bond donors (Lipinski definition) is 2. The van der Waals surface area contributed by atoms with Gasteiger partial charge < -0.3 is 19.7 Å². The van der Waals surface area contributed by atoms with E-state index >= 15 is 0 Å². The Kier molecular flexibility index (Phi) is 6.12. The Morgan fingerprint density at radius 1 is 1.11 bits per heavy atom. The van der Waals surface area contributed by atoms with Gasteiger partial charge in [-0.1, -0.05) is 41.6 Å². The molecule has 36 heavy (non-hydrogen) atoms. The van der Waals surface area contributed by atoms with Gasteiger partial charge in [0.2, 0.25) is 5.82 Å². The van der Waals surface area contributed by atoms with Crippen LogP contribution in [0.3, 0.4) is 0 Å². The smallest absolute Gasteiger partial charge is 0.322 e. The highest BCUT2D eigenvalue weighted by atomic mass is 19.1. The van der Waals surface area contributed by atoms with E-state index in [1.54, 1.807) is 29.2 Å². The molecule has 2 N–H and O–H groups in total. The molecule has 4 aromatic rings. The molecule has 0 bridgehead atoms. The van der Waals surface area contributed by atoms with Crippen molar-refractivity contribution in [2.45, 2.75) is 19.5 Å². The SMILES string of the molecule is COc1ccc(C2NC(=O)N(Cc3ccccc3)C(C)=C2c2nc(-c3ccc(F)cc3)no2)cc1O. The van der Waals surface area contributed by atoms with Gasteiger partial charge in [0.1, 0.15) is 5.82 Å². The predicted octanol–water partition coefficient (Wildman–Crippen LogP) is 5.29. The molecule has 1 atom stereocenters. The maximum Gasteiger partial charge on any atom is 0.322 e. The molecule has 3 aromatic carbocycles. The molecular formula is C27H23FN4O4. The van der Waals surface area contributed by atoms with Crippen LogP contribution in [0, 0.1) is 5.82 Å². The minimum atomic E-state index is -0.678. The minimum Gasteiger partial charge on any atom is -0.504 e. The van der Waals surface area contributed by atoms with E-state index in [4.69, 9.17) is 9.26 Å². The molecule has 182 valence electrons.